The number of carbonyl (C=O) groups excluding carboxylic acids is 1. The maximum Gasteiger partial charge on any atom is 0.240 e. The van der Waals surface area contributed by atoms with Crippen LogP contribution >= 0.6 is 0 Å². The van der Waals surface area contributed by atoms with Crippen LogP contribution < -0.4 is 5.73 Å². The normalized spacial score (nSPS) is 34.6. The van der Waals surface area contributed by atoms with E-state index in [1.807, 2.05) is 0 Å². The molecule has 0 radical (unpaired) electrons. The molecular formula is C12H18N2O2. The van der Waals surface area contributed by atoms with E-state index in [-0.39, 0.29) is 24.3 Å². The van der Waals surface area contributed by atoms with Crippen molar-refractivity contribution >= 4 is 5.91 Å². The highest BCUT2D eigenvalue weighted by atomic mass is 16.3. The van der Waals surface area contributed by atoms with Gasteiger partial charge in [0, 0.05) is 25.4 Å². The van der Waals surface area contributed by atoms with Gasteiger partial charge in [-0.05, 0) is 18.8 Å². The number of likely N-dealkylation sites (tertiary alicyclic amines) is 1. The number of aliphatic hydroxyl groups excluding tert-OH is 1. The number of rotatable bonds is 2. The van der Waals surface area contributed by atoms with E-state index in [1.54, 1.807) is 4.90 Å². The highest BCUT2D eigenvalue weighted by Crippen LogP contribution is 2.38. The Hall–Kier alpha value is -1.05. The molecule has 1 amide bonds. The van der Waals surface area contributed by atoms with Crippen molar-refractivity contribution in [3.8, 4) is 12.3 Å². The summed E-state index contributed by atoms with van der Waals surface area (Å²) in [6, 6.07) is -0.582. The largest absolute Gasteiger partial charge is 0.393 e. The Labute approximate surface area is 95.8 Å². The molecule has 1 saturated carbocycles. The minimum absolute atomic E-state index is 0.0699. The number of terminal acetylenes is 1. The number of hydrogen-bond donors (Lipinski definition) is 2. The Kier molecular flexibility index (Phi) is 3.17. The van der Waals surface area contributed by atoms with Crippen molar-refractivity contribution in [2.24, 2.45) is 17.6 Å². The molecular weight excluding hydrogens is 204 g/mol. The first kappa shape index (κ1) is 11.4. The van der Waals surface area contributed by atoms with Crippen LogP contribution in [0.25, 0.3) is 0 Å². The van der Waals surface area contributed by atoms with Crippen molar-refractivity contribution < 1.29 is 9.90 Å². The van der Waals surface area contributed by atoms with Crippen LogP contribution in [0, 0.1) is 24.2 Å². The zero-order valence-electron chi connectivity index (χ0n) is 9.30. The highest BCUT2D eigenvalue weighted by Gasteiger charge is 2.43. The van der Waals surface area contributed by atoms with E-state index in [2.05, 4.69) is 5.92 Å². The van der Waals surface area contributed by atoms with Crippen LogP contribution in [0.3, 0.4) is 0 Å². The summed E-state index contributed by atoms with van der Waals surface area (Å²) in [7, 11) is 0. The average molecular weight is 222 g/mol. The molecule has 1 saturated heterocycles. The van der Waals surface area contributed by atoms with E-state index in [4.69, 9.17) is 12.2 Å². The molecule has 0 aromatic rings. The maximum absolute atomic E-state index is 11.9. The monoisotopic (exact) mass is 222 g/mol. The number of amides is 1. The van der Waals surface area contributed by atoms with E-state index in [0.717, 1.165) is 19.4 Å². The van der Waals surface area contributed by atoms with E-state index in [0.29, 0.717) is 12.5 Å². The van der Waals surface area contributed by atoms with Gasteiger partial charge in [0.15, 0.2) is 0 Å². The Morgan fingerprint density at radius 1 is 1.56 bits per heavy atom. The minimum atomic E-state index is -0.582. The van der Waals surface area contributed by atoms with Crippen LogP contribution in [-0.4, -0.2) is 41.1 Å². The molecule has 0 bridgehead atoms. The number of nitrogens with zero attached hydrogens (tertiary/aromatic N) is 1. The van der Waals surface area contributed by atoms with Gasteiger partial charge in [-0.1, -0.05) is 0 Å². The van der Waals surface area contributed by atoms with Gasteiger partial charge in [0.1, 0.15) is 0 Å². The predicted octanol–water partition coefficient (Wildman–Crippen LogP) is -0.434. The second-order valence-corrected chi connectivity index (χ2v) is 4.83. The summed E-state index contributed by atoms with van der Waals surface area (Å²) in [4.78, 5) is 13.7. The fraction of sp³-hybridized carbons (Fsp3) is 0.750. The third-order valence-electron chi connectivity index (χ3n) is 3.79. The van der Waals surface area contributed by atoms with Crippen LogP contribution in [0.2, 0.25) is 0 Å². The molecule has 4 nitrogen and oxygen atoms in total. The van der Waals surface area contributed by atoms with Crippen molar-refractivity contribution in [3.63, 3.8) is 0 Å². The molecule has 2 fully saturated rings. The second kappa shape index (κ2) is 4.44. The van der Waals surface area contributed by atoms with E-state index in [9.17, 15) is 9.90 Å². The van der Waals surface area contributed by atoms with Gasteiger partial charge in [-0.25, -0.2) is 0 Å². The number of aliphatic hydroxyl groups is 1. The van der Waals surface area contributed by atoms with E-state index >= 15 is 0 Å². The molecule has 0 aromatic carbocycles. The lowest BCUT2D eigenvalue weighted by Crippen LogP contribution is -2.43. The van der Waals surface area contributed by atoms with Gasteiger partial charge in [0.2, 0.25) is 5.91 Å². The molecule has 4 unspecified atom stereocenters. The third kappa shape index (κ3) is 1.93. The third-order valence-corrected chi connectivity index (χ3v) is 3.79. The molecule has 16 heavy (non-hydrogen) atoms. The summed E-state index contributed by atoms with van der Waals surface area (Å²) < 4.78 is 0. The smallest absolute Gasteiger partial charge is 0.240 e. The Morgan fingerprint density at radius 2 is 2.31 bits per heavy atom. The highest BCUT2D eigenvalue weighted by molar-refractivity contribution is 5.82. The van der Waals surface area contributed by atoms with Crippen LogP contribution in [0.4, 0.5) is 0 Å². The fourth-order valence-electron chi connectivity index (χ4n) is 2.87. The number of fused-ring (bicyclic) bond motifs is 1. The Balaban J connectivity index is 1.94. The second-order valence-electron chi connectivity index (χ2n) is 4.83. The molecule has 88 valence electrons. The molecule has 4 heteroatoms. The minimum Gasteiger partial charge on any atom is -0.393 e. The van der Waals surface area contributed by atoms with Crippen molar-refractivity contribution in [1.29, 1.82) is 0 Å². The molecule has 3 N–H and O–H groups in total. The van der Waals surface area contributed by atoms with Crippen LogP contribution in [0.5, 0.6) is 0 Å². The van der Waals surface area contributed by atoms with Crippen molar-refractivity contribution in [1.82, 2.24) is 4.90 Å². The van der Waals surface area contributed by atoms with Gasteiger partial charge in [0.25, 0.3) is 0 Å². The molecule has 1 heterocycles. The zero-order valence-corrected chi connectivity index (χ0v) is 9.30. The standard InChI is InChI=1S/C12H18N2O2/c1-2-3-10(13)12(16)14-6-8-4-5-11(15)9(8)7-14/h1,8-11,15H,3-7,13H2. The lowest BCUT2D eigenvalue weighted by atomic mass is 10.00. The fourth-order valence-corrected chi connectivity index (χ4v) is 2.87. The van der Waals surface area contributed by atoms with Gasteiger partial charge in [-0.3, -0.25) is 4.79 Å². The van der Waals surface area contributed by atoms with E-state index < -0.39 is 6.04 Å². The molecule has 1 aliphatic carbocycles. The average Bonchev–Trinajstić information content (AvgIpc) is 2.81. The van der Waals surface area contributed by atoms with Crippen molar-refractivity contribution in [3.05, 3.63) is 0 Å². The Morgan fingerprint density at radius 3 is 2.94 bits per heavy atom. The predicted molar refractivity (Wildman–Crippen MR) is 60.2 cm³/mol. The van der Waals surface area contributed by atoms with E-state index in [1.165, 1.54) is 0 Å². The summed E-state index contributed by atoms with van der Waals surface area (Å²) in [5.41, 5.74) is 5.70. The van der Waals surface area contributed by atoms with Gasteiger partial charge in [-0.15, -0.1) is 12.3 Å². The number of nitrogens with two attached hydrogens (primary N) is 1. The van der Waals surface area contributed by atoms with Crippen LogP contribution in [0.1, 0.15) is 19.3 Å². The van der Waals surface area contributed by atoms with Crippen molar-refractivity contribution in [2.75, 3.05) is 13.1 Å². The van der Waals surface area contributed by atoms with Crippen LogP contribution in [-0.2, 0) is 4.79 Å². The molecule has 2 aliphatic rings. The summed E-state index contributed by atoms with van der Waals surface area (Å²) in [5.74, 6) is 3.05. The lowest BCUT2D eigenvalue weighted by molar-refractivity contribution is -0.131. The topological polar surface area (TPSA) is 66.6 Å². The first-order valence-corrected chi connectivity index (χ1v) is 5.79. The summed E-state index contributed by atoms with van der Waals surface area (Å²) in [5, 5.41) is 9.74. The van der Waals surface area contributed by atoms with Crippen molar-refractivity contribution in [2.45, 2.75) is 31.4 Å². The SMILES string of the molecule is C#CCC(N)C(=O)N1CC2CCC(O)C2C1. The van der Waals surface area contributed by atoms with Gasteiger partial charge < -0.3 is 15.7 Å². The summed E-state index contributed by atoms with van der Waals surface area (Å²) in [6.07, 6.45) is 7.06. The number of carbonyl (C=O) groups is 1. The molecule has 0 aromatic heterocycles. The summed E-state index contributed by atoms with van der Waals surface area (Å²) in [6.45, 7) is 1.38. The first-order chi connectivity index (χ1) is 7.63. The van der Waals surface area contributed by atoms with Gasteiger partial charge in [-0.2, -0.15) is 0 Å². The molecule has 2 rings (SSSR count). The number of hydrogen-bond acceptors (Lipinski definition) is 3. The molecule has 1 aliphatic heterocycles. The quantitative estimate of drug-likeness (QED) is 0.623. The van der Waals surface area contributed by atoms with Crippen LogP contribution in [0.15, 0.2) is 0 Å². The Bertz CT molecular complexity index is 323. The molecule has 4 atom stereocenters. The van der Waals surface area contributed by atoms with Gasteiger partial charge in [0.05, 0.1) is 12.1 Å². The lowest BCUT2D eigenvalue weighted by Gasteiger charge is -2.21. The summed E-state index contributed by atoms with van der Waals surface area (Å²) >= 11 is 0. The van der Waals surface area contributed by atoms with Gasteiger partial charge >= 0.3 is 0 Å². The molecule has 0 spiro atoms. The zero-order chi connectivity index (χ0) is 11.7. The maximum atomic E-state index is 11.9. The first-order valence-electron chi connectivity index (χ1n) is 5.79.